The summed E-state index contributed by atoms with van der Waals surface area (Å²) in [5.74, 6) is 0.218. The van der Waals surface area contributed by atoms with E-state index < -0.39 is 0 Å². The molecule has 0 aromatic heterocycles. The maximum atomic E-state index is 11.8. The van der Waals surface area contributed by atoms with Crippen LogP contribution in [-0.2, 0) is 0 Å². The highest BCUT2D eigenvalue weighted by Crippen LogP contribution is 2.03. The van der Waals surface area contributed by atoms with Gasteiger partial charge in [-0.2, -0.15) is 0 Å². The predicted molar refractivity (Wildman–Crippen MR) is 101 cm³/mol. The Morgan fingerprint density at radius 3 is 2.23 bits per heavy atom. The van der Waals surface area contributed by atoms with Crippen LogP contribution in [0.2, 0.25) is 0 Å². The molecule has 2 aromatic carbocycles. The molecule has 0 bridgehead atoms. The second-order valence-corrected chi connectivity index (χ2v) is 4.38. The van der Waals surface area contributed by atoms with E-state index >= 15 is 0 Å². The zero-order valence-electron chi connectivity index (χ0n) is 12.0. The van der Waals surface area contributed by atoms with Gasteiger partial charge in [0.15, 0.2) is 5.96 Å². The Morgan fingerprint density at radius 1 is 1.00 bits per heavy atom. The van der Waals surface area contributed by atoms with Gasteiger partial charge in [-0.1, -0.05) is 36.4 Å². The molecule has 0 saturated heterocycles. The zero-order chi connectivity index (χ0) is 14.9. The zero-order valence-corrected chi connectivity index (χ0v) is 14.4. The van der Waals surface area contributed by atoms with Crippen LogP contribution in [0.15, 0.2) is 65.7 Å². The lowest BCUT2D eigenvalue weighted by molar-refractivity contribution is 0.0955. The third-order valence-electron chi connectivity index (χ3n) is 2.76. The number of hydrogen-bond donors (Lipinski definition) is 3. The number of rotatable bonds is 5. The monoisotopic (exact) mass is 410 g/mol. The van der Waals surface area contributed by atoms with Gasteiger partial charge in [0, 0.05) is 17.8 Å². The van der Waals surface area contributed by atoms with Crippen LogP contribution in [0.4, 0.5) is 5.69 Å². The molecule has 0 unspecified atom stereocenters. The number of nitrogens with zero attached hydrogens (tertiary/aromatic N) is 1. The Morgan fingerprint density at radius 2 is 1.59 bits per heavy atom. The number of nitrogens with two attached hydrogens (primary N) is 1. The molecule has 2 aromatic rings. The molecule has 0 heterocycles. The number of hydrogen-bond acceptors (Lipinski definition) is 2. The fourth-order valence-electron chi connectivity index (χ4n) is 1.75. The second kappa shape index (κ2) is 9.78. The van der Waals surface area contributed by atoms with Crippen molar-refractivity contribution in [2.75, 3.05) is 18.4 Å². The molecule has 0 aliphatic heterocycles. The minimum absolute atomic E-state index is 0. The van der Waals surface area contributed by atoms with E-state index in [4.69, 9.17) is 5.73 Å². The van der Waals surface area contributed by atoms with Crippen molar-refractivity contribution in [1.82, 2.24) is 5.32 Å². The first kappa shape index (κ1) is 18.0. The molecule has 6 heteroatoms. The smallest absolute Gasteiger partial charge is 0.251 e. The number of nitrogens with one attached hydrogen (secondary N) is 2. The highest BCUT2D eigenvalue weighted by molar-refractivity contribution is 14.0. The molecule has 0 spiro atoms. The minimum atomic E-state index is -0.111. The number of para-hydroxylation sites is 1. The summed E-state index contributed by atoms with van der Waals surface area (Å²) in [6, 6.07) is 18.6. The van der Waals surface area contributed by atoms with Gasteiger partial charge in [-0.15, -0.1) is 24.0 Å². The van der Waals surface area contributed by atoms with Crippen LogP contribution in [0.5, 0.6) is 0 Å². The summed E-state index contributed by atoms with van der Waals surface area (Å²) < 4.78 is 0. The molecule has 0 saturated carbocycles. The van der Waals surface area contributed by atoms with E-state index in [-0.39, 0.29) is 29.9 Å². The number of aliphatic imine (C=N–C) groups is 1. The maximum absolute atomic E-state index is 11.8. The quantitative estimate of drug-likeness (QED) is 0.307. The fraction of sp³-hybridized carbons (Fsp3) is 0.125. The first-order valence-corrected chi connectivity index (χ1v) is 6.71. The van der Waals surface area contributed by atoms with Crippen molar-refractivity contribution >= 4 is 41.5 Å². The Balaban J connectivity index is 0.00000242. The molecule has 0 aliphatic carbocycles. The van der Waals surface area contributed by atoms with Crippen molar-refractivity contribution in [3.63, 3.8) is 0 Å². The molecule has 4 N–H and O–H groups in total. The molecule has 116 valence electrons. The minimum Gasteiger partial charge on any atom is -0.370 e. The third kappa shape index (κ3) is 6.13. The fourth-order valence-corrected chi connectivity index (χ4v) is 1.75. The van der Waals surface area contributed by atoms with Crippen molar-refractivity contribution in [3.8, 4) is 0 Å². The second-order valence-electron chi connectivity index (χ2n) is 4.38. The lowest BCUT2D eigenvalue weighted by Gasteiger charge is -2.06. The molecule has 5 nitrogen and oxygen atoms in total. The number of anilines is 1. The summed E-state index contributed by atoms with van der Waals surface area (Å²) in [6.45, 7) is 0.856. The van der Waals surface area contributed by atoms with Crippen LogP contribution in [0.1, 0.15) is 10.4 Å². The molecule has 0 radical (unpaired) electrons. The molecule has 1 amide bonds. The van der Waals surface area contributed by atoms with Gasteiger partial charge in [0.2, 0.25) is 0 Å². The number of carbonyl (C=O) groups excluding carboxylic acids is 1. The highest BCUT2D eigenvalue weighted by atomic mass is 127. The van der Waals surface area contributed by atoms with Crippen molar-refractivity contribution in [2.24, 2.45) is 10.7 Å². The highest BCUT2D eigenvalue weighted by Gasteiger charge is 2.02. The van der Waals surface area contributed by atoms with E-state index in [1.165, 1.54) is 0 Å². The molecular formula is C16H19IN4O. The standard InChI is InChI=1S/C16H18N4O.HI/c17-16(20-14-9-5-2-6-10-14)19-12-11-18-15(21)13-7-3-1-4-8-13;/h1-10H,11-12H2,(H,18,21)(H3,17,19,20);1H. The van der Waals surface area contributed by atoms with Crippen LogP contribution < -0.4 is 16.4 Å². The van der Waals surface area contributed by atoms with Crippen molar-refractivity contribution in [1.29, 1.82) is 0 Å². The molecule has 0 aliphatic rings. The molecule has 2 rings (SSSR count). The lowest BCUT2D eigenvalue weighted by atomic mass is 10.2. The first-order chi connectivity index (χ1) is 10.3. The SMILES string of the molecule is I.NC(=NCCNC(=O)c1ccccc1)Nc1ccccc1. The first-order valence-electron chi connectivity index (χ1n) is 6.71. The number of amides is 1. The summed E-state index contributed by atoms with van der Waals surface area (Å²) in [5.41, 5.74) is 7.28. The van der Waals surface area contributed by atoms with E-state index in [2.05, 4.69) is 15.6 Å². The average Bonchev–Trinajstić information content (AvgIpc) is 2.53. The number of halogens is 1. The molecule has 22 heavy (non-hydrogen) atoms. The largest absolute Gasteiger partial charge is 0.370 e. The van der Waals surface area contributed by atoms with Crippen LogP contribution >= 0.6 is 24.0 Å². The summed E-state index contributed by atoms with van der Waals surface area (Å²) in [7, 11) is 0. The Hall–Kier alpha value is -2.09. The topological polar surface area (TPSA) is 79.5 Å². The summed E-state index contributed by atoms with van der Waals surface area (Å²) in [4.78, 5) is 15.9. The van der Waals surface area contributed by atoms with E-state index in [9.17, 15) is 4.79 Å². The normalized spacial score (nSPS) is 10.5. The number of benzene rings is 2. The van der Waals surface area contributed by atoms with Gasteiger partial charge in [0.1, 0.15) is 0 Å². The summed E-state index contributed by atoms with van der Waals surface area (Å²) >= 11 is 0. The van der Waals surface area contributed by atoms with Gasteiger partial charge < -0.3 is 16.4 Å². The number of guanidine groups is 1. The lowest BCUT2D eigenvalue weighted by Crippen LogP contribution is -2.28. The van der Waals surface area contributed by atoms with Crippen LogP contribution in [0, 0.1) is 0 Å². The van der Waals surface area contributed by atoms with E-state index in [1.54, 1.807) is 12.1 Å². The predicted octanol–water partition coefficient (Wildman–Crippen LogP) is 2.46. The van der Waals surface area contributed by atoms with Crippen LogP contribution in [0.25, 0.3) is 0 Å². The Labute approximate surface area is 147 Å². The van der Waals surface area contributed by atoms with Gasteiger partial charge in [0.05, 0.1) is 6.54 Å². The van der Waals surface area contributed by atoms with Gasteiger partial charge in [-0.3, -0.25) is 9.79 Å². The van der Waals surface area contributed by atoms with E-state index in [1.807, 2.05) is 48.5 Å². The van der Waals surface area contributed by atoms with Gasteiger partial charge >= 0.3 is 0 Å². The van der Waals surface area contributed by atoms with Gasteiger partial charge in [-0.25, -0.2) is 0 Å². The third-order valence-corrected chi connectivity index (χ3v) is 2.76. The van der Waals surface area contributed by atoms with Crippen LogP contribution in [0.3, 0.4) is 0 Å². The summed E-state index contributed by atoms with van der Waals surface area (Å²) in [5, 5.41) is 5.77. The Kier molecular flexibility index (Phi) is 7.98. The van der Waals surface area contributed by atoms with Crippen molar-refractivity contribution < 1.29 is 4.79 Å². The van der Waals surface area contributed by atoms with Gasteiger partial charge in [-0.05, 0) is 24.3 Å². The van der Waals surface area contributed by atoms with Crippen molar-refractivity contribution in [2.45, 2.75) is 0 Å². The van der Waals surface area contributed by atoms with Crippen molar-refractivity contribution in [3.05, 3.63) is 66.2 Å². The van der Waals surface area contributed by atoms with E-state index in [0.29, 0.717) is 24.6 Å². The molecule has 0 fully saturated rings. The van der Waals surface area contributed by atoms with E-state index in [0.717, 1.165) is 5.69 Å². The maximum Gasteiger partial charge on any atom is 0.251 e. The molecular weight excluding hydrogens is 391 g/mol. The Bertz CT molecular complexity index is 602. The van der Waals surface area contributed by atoms with Gasteiger partial charge in [0.25, 0.3) is 5.91 Å². The number of carbonyl (C=O) groups is 1. The molecule has 0 atom stereocenters. The summed E-state index contributed by atoms with van der Waals surface area (Å²) in [6.07, 6.45) is 0. The van der Waals surface area contributed by atoms with Crippen LogP contribution in [-0.4, -0.2) is 25.0 Å². The average molecular weight is 410 g/mol.